The number of nitrogens with zero attached hydrogens (tertiary/aromatic N) is 3. The van der Waals surface area contributed by atoms with Gasteiger partial charge in [0, 0.05) is 18.8 Å². The molecule has 0 aliphatic heterocycles. The van der Waals surface area contributed by atoms with Crippen molar-refractivity contribution in [3.63, 3.8) is 0 Å². The molecular formula is C17H17N3OS. The number of thiophene rings is 1. The third-order valence-electron chi connectivity index (χ3n) is 4.09. The van der Waals surface area contributed by atoms with Crippen molar-refractivity contribution in [2.75, 3.05) is 0 Å². The third kappa shape index (κ3) is 2.31. The summed E-state index contributed by atoms with van der Waals surface area (Å²) in [6.45, 7) is 2.60. The second-order valence-electron chi connectivity index (χ2n) is 5.77. The summed E-state index contributed by atoms with van der Waals surface area (Å²) < 4.78 is 1.90. The van der Waals surface area contributed by atoms with Crippen LogP contribution in [0.4, 0.5) is 0 Å². The lowest BCUT2D eigenvalue weighted by Crippen LogP contribution is -2.33. The van der Waals surface area contributed by atoms with Crippen LogP contribution in [-0.2, 0) is 6.54 Å². The topological polar surface area (TPSA) is 37.6 Å². The molecule has 0 saturated heterocycles. The Bertz CT molecular complexity index is 818. The molecule has 5 heteroatoms. The van der Waals surface area contributed by atoms with Gasteiger partial charge in [0.25, 0.3) is 5.91 Å². The van der Waals surface area contributed by atoms with Crippen LogP contribution in [0.5, 0.6) is 0 Å². The lowest BCUT2D eigenvalue weighted by Gasteiger charge is -2.22. The number of fused-ring (bicyclic) bond motifs is 1. The molecule has 0 unspecified atom stereocenters. The van der Waals surface area contributed by atoms with Crippen molar-refractivity contribution in [3.8, 4) is 0 Å². The SMILES string of the molecule is Cc1nc2ccccn2c1C(=O)N(Cc1ccsc1)C1CC1. The number of aromatic nitrogens is 2. The van der Waals surface area contributed by atoms with Crippen molar-refractivity contribution in [3.05, 3.63) is 58.2 Å². The summed E-state index contributed by atoms with van der Waals surface area (Å²) in [7, 11) is 0. The number of hydrogen-bond donors (Lipinski definition) is 0. The van der Waals surface area contributed by atoms with Gasteiger partial charge in [0.2, 0.25) is 0 Å². The summed E-state index contributed by atoms with van der Waals surface area (Å²) >= 11 is 1.67. The van der Waals surface area contributed by atoms with Gasteiger partial charge in [0.1, 0.15) is 11.3 Å². The zero-order chi connectivity index (χ0) is 15.1. The molecule has 0 atom stereocenters. The fourth-order valence-electron chi connectivity index (χ4n) is 2.84. The van der Waals surface area contributed by atoms with Gasteiger partial charge in [-0.2, -0.15) is 11.3 Å². The van der Waals surface area contributed by atoms with E-state index < -0.39 is 0 Å². The molecule has 0 aromatic carbocycles. The van der Waals surface area contributed by atoms with Crippen molar-refractivity contribution in [1.29, 1.82) is 0 Å². The molecule has 1 amide bonds. The van der Waals surface area contributed by atoms with Gasteiger partial charge in [0.05, 0.1) is 5.69 Å². The lowest BCUT2D eigenvalue weighted by atomic mass is 10.2. The molecule has 1 fully saturated rings. The fraction of sp³-hybridized carbons (Fsp3) is 0.294. The minimum atomic E-state index is 0.0879. The Labute approximate surface area is 133 Å². The number of carbonyl (C=O) groups excluding carboxylic acids is 1. The first-order valence-corrected chi connectivity index (χ1v) is 8.44. The van der Waals surface area contributed by atoms with Crippen LogP contribution in [-0.4, -0.2) is 26.2 Å². The van der Waals surface area contributed by atoms with E-state index in [0.717, 1.165) is 24.2 Å². The number of aryl methyl sites for hydroxylation is 1. The van der Waals surface area contributed by atoms with E-state index in [0.29, 0.717) is 18.3 Å². The number of pyridine rings is 1. The molecule has 0 radical (unpaired) electrons. The van der Waals surface area contributed by atoms with Crippen molar-refractivity contribution < 1.29 is 4.79 Å². The Morgan fingerprint density at radius 2 is 2.27 bits per heavy atom. The molecule has 0 bridgehead atoms. The number of carbonyl (C=O) groups is 1. The van der Waals surface area contributed by atoms with E-state index in [2.05, 4.69) is 21.8 Å². The number of rotatable bonds is 4. The van der Waals surface area contributed by atoms with Crippen LogP contribution in [0.3, 0.4) is 0 Å². The minimum absolute atomic E-state index is 0.0879. The van der Waals surface area contributed by atoms with E-state index in [9.17, 15) is 4.79 Å². The minimum Gasteiger partial charge on any atom is -0.330 e. The predicted octanol–water partition coefficient (Wildman–Crippen LogP) is 3.51. The summed E-state index contributed by atoms with van der Waals surface area (Å²) in [5, 5.41) is 4.17. The molecule has 3 heterocycles. The van der Waals surface area contributed by atoms with Crippen LogP contribution in [0.25, 0.3) is 5.65 Å². The van der Waals surface area contributed by atoms with Crippen molar-refractivity contribution in [1.82, 2.24) is 14.3 Å². The quantitative estimate of drug-likeness (QED) is 0.739. The van der Waals surface area contributed by atoms with Crippen molar-refractivity contribution >= 4 is 22.9 Å². The smallest absolute Gasteiger partial charge is 0.273 e. The molecule has 22 heavy (non-hydrogen) atoms. The van der Waals surface area contributed by atoms with Gasteiger partial charge in [-0.3, -0.25) is 9.20 Å². The van der Waals surface area contributed by atoms with Crippen LogP contribution < -0.4 is 0 Å². The maximum Gasteiger partial charge on any atom is 0.273 e. The van der Waals surface area contributed by atoms with Gasteiger partial charge in [-0.1, -0.05) is 6.07 Å². The van der Waals surface area contributed by atoms with Crippen LogP contribution in [0.1, 0.15) is 34.6 Å². The molecular weight excluding hydrogens is 294 g/mol. The second kappa shape index (κ2) is 5.25. The molecule has 1 aliphatic carbocycles. The first-order chi connectivity index (χ1) is 10.7. The standard InChI is InChI=1S/C17H17N3OS/c1-12-16(19-8-3-2-4-15(19)18-12)17(21)20(14-5-6-14)10-13-7-9-22-11-13/h2-4,7-9,11,14H,5-6,10H2,1H3. The number of hydrogen-bond acceptors (Lipinski definition) is 3. The van der Waals surface area contributed by atoms with Crippen LogP contribution >= 0.6 is 11.3 Å². The van der Waals surface area contributed by atoms with E-state index in [-0.39, 0.29) is 5.91 Å². The van der Waals surface area contributed by atoms with Crippen LogP contribution in [0.2, 0.25) is 0 Å². The summed E-state index contributed by atoms with van der Waals surface area (Å²) in [4.78, 5) is 19.6. The highest BCUT2D eigenvalue weighted by Crippen LogP contribution is 2.30. The highest BCUT2D eigenvalue weighted by atomic mass is 32.1. The van der Waals surface area contributed by atoms with E-state index in [1.807, 2.05) is 40.6 Å². The maximum atomic E-state index is 13.1. The Morgan fingerprint density at radius 1 is 1.41 bits per heavy atom. The summed E-state index contributed by atoms with van der Waals surface area (Å²) in [5.74, 6) is 0.0879. The maximum absolute atomic E-state index is 13.1. The number of imidazole rings is 1. The summed E-state index contributed by atoms with van der Waals surface area (Å²) in [6.07, 6.45) is 4.12. The van der Waals surface area contributed by atoms with Crippen LogP contribution in [0.15, 0.2) is 41.2 Å². The Balaban J connectivity index is 1.72. The average molecular weight is 311 g/mol. The number of amides is 1. The molecule has 3 aromatic rings. The van der Waals surface area contributed by atoms with Crippen LogP contribution in [0, 0.1) is 6.92 Å². The lowest BCUT2D eigenvalue weighted by molar-refractivity contribution is 0.0722. The highest BCUT2D eigenvalue weighted by molar-refractivity contribution is 7.07. The molecule has 4 nitrogen and oxygen atoms in total. The molecule has 0 spiro atoms. The normalized spacial score (nSPS) is 14.4. The third-order valence-corrected chi connectivity index (χ3v) is 4.82. The Hall–Kier alpha value is -2.14. The Kier molecular flexibility index (Phi) is 3.22. The van der Waals surface area contributed by atoms with Gasteiger partial charge in [-0.25, -0.2) is 4.98 Å². The van der Waals surface area contributed by atoms with E-state index >= 15 is 0 Å². The summed E-state index contributed by atoms with van der Waals surface area (Å²) in [5.41, 5.74) is 3.52. The average Bonchev–Trinajstić information content (AvgIpc) is 3.11. The summed E-state index contributed by atoms with van der Waals surface area (Å²) in [6, 6.07) is 8.28. The highest BCUT2D eigenvalue weighted by Gasteiger charge is 2.35. The molecule has 1 saturated carbocycles. The van der Waals surface area contributed by atoms with E-state index in [1.54, 1.807) is 11.3 Å². The van der Waals surface area contributed by atoms with Crippen molar-refractivity contribution in [2.45, 2.75) is 32.4 Å². The zero-order valence-corrected chi connectivity index (χ0v) is 13.2. The zero-order valence-electron chi connectivity index (χ0n) is 12.4. The second-order valence-corrected chi connectivity index (χ2v) is 6.55. The van der Waals surface area contributed by atoms with Gasteiger partial charge >= 0.3 is 0 Å². The first-order valence-electron chi connectivity index (χ1n) is 7.50. The monoisotopic (exact) mass is 311 g/mol. The molecule has 0 N–H and O–H groups in total. The fourth-order valence-corrected chi connectivity index (χ4v) is 3.50. The van der Waals surface area contributed by atoms with Gasteiger partial charge in [-0.05, 0) is 54.3 Å². The molecule has 4 rings (SSSR count). The molecule has 3 aromatic heterocycles. The Morgan fingerprint density at radius 3 is 3.00 bits per heavy atom. The van der Waals surface area contributed by atoms with Crippen molar-refractivity contribution in [2.24, 2.45) is 0 Å². The predicted molar refractivity (Wildman–Crippen MR) is 87.1 cm³/mol. The molecule has 1 aliphatic rings. The van der Waals surface area contributed by atoms with E-state index in [4.69, 9.17) is 0 Å². The van der Waals surface area contributed by atoms with Gasteiger partial charge < -0.3 is 4.90 Å². The van der Waals surface area contributed by atoms with Gasteiger partial charge in [-0.15, -0.1) is 0 Å². The van der Waals surface area contributed by atoms with Gasteiger partial charge in [0.15, 0.2) is 0 Å². The largest absolute Gasteiger partial charge is 0.330 e. The first kappa shape index (κ1) is 13.5. The molecule has 112 valence electrons. The van der Waals surface area contributed by atoms with E-state index in [1.165, 1.54) is 5.56 Å².